The molecule has 0 unspecified atom stereocenters. The van der Waals surface area contributed by atoms with Crippen LogP contribution in [0, 0.1) is 13.8 Å². The molecule has 0 saturated heterocycles. The molecule has 4 heterocycles. The summed E-state index contributed by atoms with van der Waals surface area (Å²) in [5.74, 6) is -2.47. The number of fused-ring (bicyclic) bond motifs is 4. The fourth-order valence-corrected chi connectivity index (χ4v) is 8.88. The van der Waals surface area contributed by atoms with Crippen molar-refractivity contribution in [3.63, 3.8) is 0 Å². The number of nitrogens with two attached hydrogens (primary N) is 1. The molecule has 21 nitrogen and oxygen atoms in total. The molecule has 74 heavy (non-hydrogen) atoms. The zero-order chi connectivity index (χ0) is 52.5. The van der Waals surface area contributed by atoms with E-state index in [1.807, 2.05) is 73.6 Å². The summed E-state index contributed by atoms with van der Waals surface area (Å²) in [5.41, 5.74) is 13.0. The Hall–Kier alpha value is -8.62. The van der Waals surface area contributed by atoms with Gasteiger partial charge in [0.05, 0.1) is 30.3 Å². The van der Waals surface area contributed by atoms with Crippen molar-refractivity contribution in [2.24, 2.45) is 0 Å². The fourth-order valence-electron chi connectivity index (χ4n) is 8.88. The molecular weight excluding hydrogens is 949 g/mol. The third-order valence-electron chi connectivity index (χ3n) is 12.2. The Labute approximate surface area is 427 Å². The van der Waals surface area contributed by atoms with E-state index in [4.69, 9.17) is 19.9 Å². The first-order chi connectivity index (χ1) is 34.6. The maximum atomic E-state index is 13.5. The van der Waals surface area contributed by atoms with Gasteiger partial charge in [0, 0.05) is 24.4 Å². The first-order valence-corrected chi connectivity index (χ1v) is 23.5. The van der Waals surface area contributed by atoms with Crippen LogP contribution in [0.15, 0.2) is 73.3 Å². The molecule has 0 spiro atoms. The van der Waals surface area contributed by atoms with Crippen LogP contribution >= 0.6 is 0 Å². The number of hydrogen-bond donors (Lipinski definition) is 4. The highest BCUT2D eigenvalue weighted by molar-refractivity contribution is 5.99. The molecule has 4 aromatic heterocycles. The largest absolute Gasteiger partial charge is 0.464 e. The molecule has 3 aromatic carbocycles. The molecule has 2 aliphatic carbocycles. The average molecular weight is 1010 g/mol. The topological polar surface area (TPSA) is 278 Å². The smallest absolute Gasteiger partial charge is 0.356 e. The molecule has 7 aromatic rings. The van der Waals surface area contributed by atoms with Crippen molar-refractivity contribution in [1.29, 1.82) is 0 Å². The number of anilines is 1. The normalized spacial score (nSPS) is 14.7. The molecule has 3 amide bonds. The van der Waals surface area contributed by atoms with Crippen LogP contribution in [0.2, 0.25) is 0 Å². The monoisotopic (exact) mass is 1010 g/mol. The van der Waals surface area contributed by atoms with Crippen LogP contribution in [0.5, 0.6) is 0 Å². The van der Waals surface area contributed by atoms with Crippen LogP contribution in [0.3, 0.4) is 0 Å². The minimum Gasteiger partial charge on any atom is -0.464 e. The van der Waals surface area contributed by atoms with E-state index in [-0.39, 0.29) is 72.3 Å². The minimum atomic E-state index is -0.675. The number of esters is 3. The lowest BCUT2D eigenvalue weighted by Crippen LogP contribution is -2.31. The Morgan fingerprint density at radius 3 is 1.58 bits per heavy atom. The van der Waals surface area contributed by atoms with Gasteiger partial charge in [-0.05, 0) is 144 Å². The predicted octanol–water partition coefficient (Wildman–Crippen LogP) is 6.55. The number of ether oxygens (including phenoxy) is 3. The van der Waals surface area contributed by atoms with Gasteiger partial charge in [0.15, 0.2) is 5.69 Å². The highest BCUT2D eigenvalue weighted by Gasteiger charge is 2.32. The molecule has 2 atom stereocenters. The van der Waals surface area contributed by atoms with Gasteiger partial charge in [-0.25, -0.2) is 24.4 Å². The predicted molar refractivity (Wildman–Crippen MR) is 271 cm³/mol. The standard InChI is InChI=1S/C29H31N7O4.C23H25N5O5.CH4/c1-16-19-10-11-22(21(19)9-8-20(16)27(39)40-29(2,3)4)34-26(38)24-13-23(35-28-32-15-33-36(24)28)25(37)31-14-17-6-5-7-18(30)12-17;1-12-13-8-9-16(15(13)7-6-14(12)20(30)33-23(2,3)4)26-19(29)18-10-17(21(31)32-5)27-22-24-11-25-28(18)22;/h5-9,12-13,15,22H,10-11,14,30H2,1-4H3,(H,31,37)(H,34,38);6-7,10-11,16H,8-9H2,1-5H3,(H,26,29);1H4/t22-;16-;/m00./s1. The maximum Gasteiger partial charge on any atom is 0.356 e. The van der Waals surface area contributed by atoms with Crippen molar-refractivity contribution < 1.29 is 43.0 Å². The number of hydrogen-bond acceptors (Lipinski definition) is 16. The van der Waals surface area contributed by atoms with Gasteiger partial charge in [-0.2, -0.15) is 29.2 Å². The van der Waals surface area contributed by atoms with E-state index in [0.717, 1.165) is 38.9 Å². The van der Waals surface area contributed by atoms with Crippen molar-refractivity contribution in [2.75, 3.05) is 12.8 Å². The molecule has 0 saturated carbocycles. The number of carbonyl (C=O) groups excluding carboxylic acids is 6. The zero-order valence-corrected chi connectivity index (χ0v) is 41.9. The molecule has 386 valence electrons. The van der Waals surface area contributed by atoms with Crippen molar-refractivity contribution in [3.8, 4) is 0 Å². The number of nitrogens with zero attached hydrogens (tertiary/aromatic N) is 8. The fraction of sp³-hybridized carbons (Fsp3) is 0.358. The molecule has 0 bridgehead atoms. The van der Waals surface area contributed by atoms with E-state index in [2.05, 4.69) is 46.1 Å². The number of nitrogens with one attached hydrogen (secondary N) is 3. The van der Waals surface area contributed by atoms with E-state index in [1.54, 1.807) is 30.3 Å². The Balaban J connectivity index is 0.000000217. The molecule has 21 heteroatoms. The van der Waals surface area contributed by atoms with Gasteiger partial charge >= 0.3 is 17.9 Å². The number of carbonyl (C=O) groups is 6. The van der Waals surface area contributed by atoms with E-state index < -0.39 is 34.9 Å². The lowest BCUT2D eigenvalue weighted by Gasteiger charge is -2.21. The maximum absolute atomic E-state index is 13.5. The first kappa shape index (κ1) is 53.2. The number of nitrogen functional groups attached to an aromatic ring is 1. The molecule has 0 radical (unpaired) electrons. The Kier molecular flexibility index (Phi) is 15.3. The number of benzene rings is 3. The summed E-state index contributed by atoms with van der Waals surface area (Å²) >= 11 is 0. The second-order valence-electron chi connectivity index (χ2n) is 19.7. The van der Waals surface area contributed by atoms with Gasteiger partial charge in [0.25, 0.3) is 29.3 Å². The number of methoxy groups -OCH3 is 1. The molecular formula is C53H60N12O9. The molecule has 9 rings (SSSR count). The third kappa shape index (κ3) is 11.5. The number of aromatic nitrogens is 8. The highest BCUT2D eigenvalue weighted by atomic mass is 16.6. The van der Waals surface area contributed by atoms with Gasteiger partial charge in [-0.1, -0.05) is 31.7 Å². The summed E-state index contributed by atoms with van der Waals surface area (Å²) in [6, 6.07) is 16.6. The van der Waals surface area contributed by atoms with Gasteiger partial charge < -0.3 is 35.9 Å². The average Bonchev–Trinajstić information content (AvgIpc) is 4.17. The molecule has 0 aliphatic heterocycles. The zero-order valence-electron chi connectivity index (χ0n) is 41.9. The van der Waals surface area contributed by atoms with E-state index >= 15 is 0 Å². The van der Waals surface area contributed by atoms with Crippen LogP contribution in [0.1, 0.15) is 176 Å². The summed E-state index contributed by atoms with van der Waals surface area (Å²) in [5, 5.41) is 17.0. The highest BCUT2D eigenvalue weighted by Crippen LogP contribution is 2.37. The van der Waals surface area contributed by atoms with Crippen molar-refractivity contribution in [1.82, 2.24) is 55.1 Å². The van der Waals surface area contributed by atoms with Crippen molar-refractivity contribution in [3.05, 3.63) is 146 Å². The minimum absolute atomic E-state index is 0. The second kappa shape index (κ2) is 21.2. The Morgan fingerprint density at radius 1 is 0.649 bits per heavy atom. The summed E-state index contributed by atoms with van der Waals surface area (Å²) in [6.45, 7) is 15.0. The Morgan fingerprint density at radius 2 is 1.12 bits per heavy atom. The third-order valence-corrected chi connectivity index (χ3v) is 12.2. The Bertz CT molecular complexity index is 3350. The van der Waals surface area contributed by atoms with Gasteiger partial charge in [0.1, 0.15) is 40.9 Å². The van der Waals surface area contributed by atoms with Gasteiger partial charge in [0.2, 0.25) is 0 Å². The van der Waals surface area contributed by atoms with E-state index in [0.29, 0.717) is 42.5 Å². The summed E-state index contributed by atoms with van der Waals surface area (Å²) in [4.78, 5) is 93.2. The van der Waals surface area contributed by atoms with Crippen LogP contribution in [0.4, 0.5) is 5.69 Å². The van der Waals surface area contributed by atoms with E-state index in [1.165, 1.54) is 40.9 Å². The van der Waals surface area contributed by atoms with Crippen LogP contribution < -0.4 is 21.7 Å². The van der Waals surface area contributed by atoms with Crippen molar-refractivity contribution >= 4 is 52.9 Å². The lowest BCUT2D eigenvalue weighted by atomic mass is 9.97. The molecule has 5 N–H and O–H groups in total. The van der Waals surface area contributed by atoms with Gasteiger partial charge in [-0.15, -0.1) is 0 Å². The van der Waals surface area contributed by atoms with E-state index in [9.17, 15) is 28.8 Å². The molecule has 0 fully saturated rings. The summed E-state index contributed by atoms with van der Waals surface area (Å²) < 4.78 is 18.4. The lowest BCUT2D eigenvalue weighted by molar-refractivity contribution is 0.00559. The quantitative estimate of drug-likeness (QED) is 0.0642. The molecule has 2 aliphatic rings. The summed E-state index contributed by atoms with van der Waals surface area (Å²) in [6.07, 6.45) is 5.29. The first-order valence-electron chi connectivity index (χ1n) is 23.5. The summed E-state index contributed by atoms with van der Waals surface area (Å²) in [7, 11) is 1.24. The number of rotatable bonds is 10. The number of amides is 3. The van der Waals surface area contributed by atoms with Crippen LogP contribution in [0.25, 0.3) is 11.6 Å². The van der Waals surface area contributed by atoms with Crippen LogP contribution in [-0.4, -0.2) is 93.1 Å². The van der Waals surface area contributed by atoms with Gasteiger partial charge in [-0.3, -0.25) is 14.4 Å². The van der Waals surface area contributed by atoms with Crippen LogP contribution in [-0.2, 0) is 33.6 Å². The SMILES string of the molecule is C.COC(=O)c1cc(C(=O)N[C@H]2CCc3c2ccc(C(=O)OC(C)(C)C)c3C)n2ncnc2n1.Cc1c(C(=O)OC(C)(C)C)ccc2c1CC[C@@H]2NC(=O)c1cc(C(=O)NCc2cccc(N)c2)nc2ncnn12. The van der Waals surface area contributed by atoms with Crippen molar-refractivity contribution in [2.45, 2.75) is 118 Å². The second-order valence-corrected chi connectivity index (χ2v) is 19.7.